The Kier molecular flexibility index (Phi) is 12.1. The molecule has 2 aromatic carbocycles. The van der Waals surface area contributed by atoms with Crippen LogP contribution in [0.3, 0.4) is 0 Å². The Morgan fingerprint density at radius 3 is 2.42 bits per heavy atom. The quantitative estimate of drug-likeness (QED) is 0.0928. The van der Waals surface area contributed by atoms with Crippen molar-refractivity contribution in [2.24, 2.45) is 0 Å². The van der Waals surface area contributed by atoms with Crippen LogP contribution in [0.5, 0.6) is 0 Å². The molecule has 0 aromatic heterocycles. The maximum atomic E-state index is 16.2. The fourth-order valence-corrected chi connectivity index (χ4v) is 5.54. The number of amides is 1. The van der Waals surface area contributed by atoms with Gasteiger partial charge in [0.2, 0.25) is 0 Å². The minimum atomic E-state index is -4.06. The van der Waals surface area contributed by atoms with Crippen LogP contribution >= 0.6 is 0 Å². The van der Waals surface area contributed by atoms with Crippen LogP contribution in [0, 0.1) is 17.5 Å². The number of carbonyl (C=O) groups excluding carboxylic acids is 2. The zero-order valence-corrected chi connectivity index (χ0v) is 25.3. The van der Waals surface area contributed by atoms with Crippen molar-refractivity contribution in [1.29, 1.82) is 0 Å². The first kappa shape index (κ1) is 34.1. The monoisotopic (exact) mass is 621 g/mol. The number of unbranched alkanes of at least 4 members (excludes halogenated alkanes) is 2. The summed E-state index contributed by atoms with van der Waals surface area (Å²) in [7, 11) is -4.06. The van der Waals surface area contributed by atoms with E-state index in [1.54, 1.807) is 13.0 Å². The third-order valence-electron chi connectivity index (χ3n) is 7.01. The van der Waals surface area contributed by atoms with Gasteiger partial charge < -0.3 is 10.1 Å². The summed E-state index contributed by atoms with van der Waals surface area (Å²) >= 11 is 0. The van der Waals surface area contributed by atoms with E-state index in [0.29, 0.717) is 31.2 Å². The molecule has 0 unspecified atom stereocenters. The third-order valence-corrected chi connectivity index (χ3v) is 7.59. The highest BCUT2D eigenvalue weighted by atomic mass is 32.2. The normalized spacial score (nSPS) is 14.5. The van der Waals surface area contributed by atoms with Gasteiger partial charge in [-0.05, 0) is 86.3 Å². The van der Waals surface area contributed by atoms with Crippen molar-refractivity contribution in [3.8, 4) is 11.1 Å². The van der Waals surface area contributed by atoms with Gasteiger partial charge in [0.25, 0.3) is 16.0 Å². The molecule has 234 valence electrons. The molecule has 7 nitrogen and oxygen atoms in total. The Bertz CT molecular complexity index is 1460. The number of esters is 1. The summed E-state index contributed by atoms with van der Waals surface area (Å²) in [6, 6.07) is 3.58. The summed E-state index contributed by atoms with van der Waals surface area (Å²) in [6.07, 6.45) is 5.51. The molecule has 1 aliphatic rings. The Morgan fingerprint density at radius 1 is 1.09 bits per heavy atom. The highest BCUT2D eigenvalue weighted by Gasteiger charge is 2.33. The third kappa shape index (κ3) is 9.79. The number of nitrogens with one attached hydrogen (secondary N) is 1. The van der Waals surface area contributed by atoms with Crippen LogP contribution < -0.4 is 5.32 Å². The molecule has 3 rings (SSSR count). The lowest BCUT2D eigenvalue weighted by Gasteiger charge is -2.24. The maximum absolute atomic E-state index is 16.2. The molecule has 0 heterocycles. The summed E-state index contributed by atoms with van der Waals surface area (Å²) in [5.74, 6) is -4.06. The largest absolute Gasteiger partial charge is 0.466 e. The van der Waals surface area contributed by atoms with Gasteiger partial charge >= 0.3 is 5.97 Å². The zero-order chi connectivity index (χ0) is 31.7. The minimum Gasteiger partial charge on any atom is -0.466 e. The number of rotatable bonds is 17. The summed E-state index contributed by atoms with van der Waals surface area (Å²) in [5, 5.41) is 2.54. The average molecular weight is 622 g/mol. The lowest BCUT2D eigenvalue weighted by Crippen LogP contribution is -2.40. The number of benzene rings is 2. The van der Waals surface area contributed by atoms with E-state index < -0.39 is 58.0 Å². The molecular formula is C32H38F3NO6S. The van der Waals surface area contributed by atoms with Gasteiger partial charge in [0.1, 0.15) is 17.5 Å². The molecule has 1 saturated carbocycles. The summed E-state index contributed by atoms with van der Waals surface area (Å²) in [6.45, 7) is 8.83. The van der Waals surface area contributed by atoms with Gasteiger partial charge in [0, 0.05) is 23.6 Å². The first-order valence-electron chi connectivity index (χ1n) is 14.3. The topological polar surface area (TPSA) is 98.8 Å². The van der Waals surface area contributed by atoms with Gasteiger partial charge in [0.15, 0.2) is 6.10 Å². The van der Waals surface area contributed by atoms with Crippen LogP contribution in [0.4, 0.5) is 13.2 Å². The van der Waals surface area contributed by atoms with Crippen LogP contribution in [0.2, 0.25) is 0 Å². The first-order chi connectivity index (χ1) is 20.4. The van der Waals surface area contributed by atoms with Gasteiger partial charge in [0.05, 0.1) is 25.3 Å². The minimum absolute atomic E-state index is 0.0294. The lowest BCUT2D eigenvalue weighted by atomic mass is 9.89. The molecule has 43 heavy (non-hydrogen) atoms. The lowest BCUT2D eigenvalue weighted by molar-refractivity contribution is -0.144. The van der Waals surface area contributed by atoms with Gasteiger partial charge in [-0.3, -0.25) is 13.8 Å². The Balaban J connectivity index is 2.15. The predicted octanol–water partition coefficient (Wildman–Crippen LogP) is 6.58. The number of halogens is 3. The van der Waals surface area contributed by atoms with E-state index in [4.69, 9.17) is 8.92 Å². The van der Waals surface area contributed by atoms with Gasteiger partial charge in [-0.15, -0.1) is 13.2 Å². The number of allylic oxidation sites excluding steroid dienone is 1. The fourth-order valence-electron chi connectivity index (χ4n) is 4.95. The molecule has 1 N–H and O–H groups in total. The number of aryl methyl sites for hydroxylation is 1. The average Bonchev–Trinajstić information content (AvgIpc) is 3.75. The zero-order valence-electron chi connectivity index (χ0n) is 24.5. The van der Waals surface area contributed by atoms with Crippen LogP contribution in [0.1, 0.15) is 80.5 Å². The van der Waals surface area contributed by atoms with Crippen molar-refractivity contribution in [2.45, 2.75) is 76.4 Å². The second-order valence-electron chi connectivity index (χ2n) is 10.6. The van der Waals surface area contributed by atoms with E-state index in [0.717, 1.165) is 25.2 Å². The van der Waals surface area contributed by atoms with Gasteiger partial charge in [-0.25, -0.2) is 13.2 Å². The van der Waals surface area contributed by atoms with E-state index in [9.17, 15) is 22.4 Å². The second-order valence-corrected chi connectivity index (χ2v) is 12.2. The number of ether oxygens (including phenoxy) is 1. The number of hydrogen-bond donors (Lipinski definition) is 1. The standard InChI is InChI=1S/C32H38F3NO6S/c1-5-8-9-10-12-21-15-23(33)18-26(34)30(21)22-16-24(20-13-14-20)31(35)25(17-22)27(19-29(37)41-7-3)36-32(38)28(11-6-2)42-43(4,39)40/h5-6,15-18,20,27-28H,1-2,7-14,19H2,3-4H3,(H,36,38)/t27-,28+/m0/s1. The molecule has 2 aromatic rings. The molecule has 0 saturated heterocycles. The molecule has 0 radical (unpaired) electrons. The molecule has 2 atom stereocenters. The first-order valence-corrected chi connectivity index (χ1v) is 16.1. The van der Waals surface area contributed by atoms with Crippen LogP contribution in [0.25, 0.3) is 11.1 Å². The summed E-state index contributed by atoms with van der Waals surface area (Å²) < 4.78 is 79.5. The molecule has 1 aliphatic carbocycles. The van der Waals surface area contributed by atoms with E-state index in [-0.39, 0.29) is 41.2 Å². The van der Waals surface area contributed by atoms with E-state index in [2.05, 4.69) is 18.5 Å². The SMILES string of the molecule is C=CCCCCc1cc(F)cc(F)c1-c1cc(C2CC2)c(F)c([C@H](CC(=O)OCC)NC(=O)[C@@H](CC=C)OS(C)(=O)=O)c1. The van der Waals surface area contributed by atoms with Gasteiger partial charge in [-0.2, -0.15) is 8.42 Å². The van der Waals surface area contributed by atoms with E-state index in [1.807, 2.05) is 0 Å². The Hall–Kier alpha value is -3.44. The Morgan fingerprint density at radius 2 is 1.81 bits per heavy atom. The molecule has 11 heteroatoms. The molecular weight excluding hydrogens is 583 g/mol. The molecule has 0 bridgehead atoms. The van der Waals surface area contributed by atoms with Crippen LogP contribution in [0.15, 0.2) is 49.6 Å². The molecule has 1 amide bonds. The van der Waals surface area contributed by atoms with Crippen molar-refractivity contribution in [1.82, 2.24) is 5.32 Å². The van der Waals surface area contributed by atoms with Crippen molar-refractivity contribution in [3.05, 3.63) is 83.7 Å². The van der Waals surface area contributed by atoms with Gasteiger partial charge in [-0.1, -0.05) is 12.2 Å². The second kappa shape index (κ2) is 15.3. The van der Waals surface area contributed by atoms with Crippen molar-refractivity contribution in [3.63, 3.8) is 0 Å². The van der Waals surface area contributed by atoms with Crippen molar-refractivity contribution >= 4 is 22.0 Å². The number of carbonyl (C=O) groups is 2. The highest BCUT2D eigenvalue weighted by Crippen LogP contribution is 2.45. The predicted molar refractivity (Wildman–Crippen MR) is 158 cm³/mol. The van der Waals surface area contributed by atoms with Crippen molar-refractivity contribution < 1.29 is 40.1 Å². The fraction of sp³-hybridized carbons (Fsp3) is 0.438. The van der Waals surface area contributed by atoms with E-state index in [1.165, 1.54) is 24.3 Å². The maximum Gasteiger partial charge on any atom is 0.308 e. The van der Waals surface area contributed by atoms with E-state index >= 15 is 8.78 Å². The van der Waals surface area contributed by atoms with Crippen molar-refractivity contribution in [2.75, 3.05) is 12.9 Å². The Labute approximate surface area is 251 Å². The van der Waals surface area contributed by atoms with Crippen LogP contribution in [-0.4, -0.2) is 39.3 Å². The van der Waals surface area contributed by atoms with Crippen LogP contribution in [-0.2, 0) is 35.0 Å². The number of hydrogen-bond acceptors (Lipinski definition) is 6. The highest BCUT2D eigenvalue weighted by molar-refractivity contribution is 7.86. The molecule has 1 fully saturated rings. The molecule has 0 aliphatic heterocycles. The molecule has 0 spiro atoms. The smallest absolute Gasteiger partial charge is 0.308 e. The summed E-state index contributed by atoms with van der Waals surface area (Å²) in [5.41, 5.74) is 0.951. The summed E-state index contributed by atoms with van der Waals surface area (Å²) in [4.78, 5) is 25.8.